The van der Waals surface area contributed by atoms with Gasteiger partial charge in [0, 0.05) is 34.9 Å². The molecule has 0 spiro atoms. The summed E-state index contributed by atoms with van der Waals surface area (Å²) < 4.78 is 60.2. The second kappa shape index (κ2) is 6.37. The van der Waals surface area contributed by atoms with Gasteiger partial charge in [0.05, 0.1) is 0 Å². The van der Waals surface area contributed by atoms with Gasteiger partial charge < -0.3 is 4.74 Å². The predicted octanol–water partition coefficient (Wildman–Crippen LogP) is 5.64. The Bertz CT molecular complexity index is 1020. The lowest BCUT2D eigenvalue weighted by Crippen LogP contribution is -2.26. The van der Waals surface area contributed by atoms with Crippen molar-refractivity contribution >= 4 is 16.9 Å². The van der Waals surface area contributed by atoms with Gasteiger partial charge in [-0.15, -0.1) is 0 Å². The number of aromatic nitrogens is 2. The van der Waals surface area contributed by atoms with E-state index in [4.69, 9.17) is 4.74 Å². The van der Waals surface area contributed by atoms with E-state index in [1.165, 1.54) is 35.2 Å². The van der Waals surface area contributed by atoms with Gasteiger partial charge in [0.25, 0.3) is 0 Å². The van der Waals surface area contributed by atoms with E-state index in [2.05, 4.69) is 4.98 Å². The molecular formula is C19H16F4N2O2. The van der Waals surface area contributed by atoms with E-state index in [0.29, 0.717) is 10.8 Å². The number of carbonyl (C=O) groups excluding carboxylic acids is 1. The van der Waals surface area contributed by atoms with E-state index in [1.54, 1.807) is 20.8 Å². The van der Waals surface area contributed by atoms with E-state index in [1.807, 2.05) is 0 Å². The Hall–Kier alpha value is -2.90. The third-order valence-electron chi connectivity index (χ3n) is 3.70. The van der Waals surface area contributed by atoms with Crippen LogP contribution < -0.4 is 0 Å². The Morgan fingerprint density at radius 2 is 1.74 bits per heavy atom. The summed E-state index contributed by atoms with van der Waals surface area (Å²) in [6.07, 6.45) is -1.72. The molecule has 0 unspecified atom stereocenters. The first kappa shape index (κ1) is 18.9. The molecule has 3 rings (SSSR count). The van der Waals surface area contributed by atoms with E-state index in [-0.39, 0.29) is 5.56 Å². The number of nitrogens with zero attached hydrogens (tertiary/aromatic N) is 2. The number of rotatable bonds is 1. The highest BCUT2D eigenvalue weighted by molar-refractivity contribution is 5.90. The summed E-state index contributed by atoms with van der Waals surface area (Å²) in [5.41, 5.74) is -2.60. The molecule has 1 aromatic carbocycles. The number of halogens is 4. The average Bonchev–Trinajstić information content (AvgIpc) is 2.95. The summed E-state index contributed by atoms with van der Waals surface area (Å²) >= 11 is 0. The lowest BCUT2D eigenvalue weighted by molar-refractivity contribution is -0.140. The molecule has 2 heterocycles. The van der Waals surface area contributed by atoms with Crippen molar-refractivity contribution in [2.45, 2.75) is 32.5 Å². The first-order valence-corrected chi connectivity index (χ1v) is 8.03. The van der Waals surface area contributed by atoms with Crippen LogP contribution in [0.2, 0.25) is 0 Å². The largest absolute Gasteiger partial charge is 0.443 e. The van der Waals surface area contributed by atoms with Crippen molar-refractivity contribution < 1.29 is 27.1 Å². The molecule has 0 N–H and O–H groups in total. The highest BCUT2D eigenvalue weighted by Crippen LogP contribution is 2.37. The molecule has 3 aromatic rings. The summed E-state index contributed by atoms with van der Waals surface area (Å²) in [6, 6.07) is 5.13. The third kappa shape index (κ3) is 3.94. The molecule has 0 saturated heterocycles. The molecule has 0 aliphatic heterocycles. The number of hydrogen-bond acceptors (Lipinski definition) is 3. The molecule has 0 saturated carbocycles. The van der Waals surface area contributed by atoms with Crippen LogP contribution in [0.5, 0.6) is 0 Å². The molecule has 2 aromatic heterocycles. The van der Waals surface area contributed by atoms with Crippen LogP contribution in [-0.2, 0) is 10.9 Å². The van der Waals surface area contributed by atoms with E-state index >= 15 is 0 Å². The summed E-state index contributed by atoms with van der Waals surface area (Å²) in [5, 5.41) is 1.07. The second-order valence-electron chi connectivity index (χ2n) is 7.00. The maximum absolute atomic E-state index is 14.2. The third-order valence-corrected chi connectivity index (χ3v) is 3.70. The molecular weight excluding hydrogens is 364 g/mol. The molecule has 0 fully saturated rings. The van der Waals surface area contributed by atoms with Crippen molar-refractivity contribution in [3.8, 4) is 11.1 Å². The smallest absolute Gasteiger partial charge is 0.434 e. The fourth-order valence-electron chi connectivity index (χ4n) is 2.64. The summed E-state index contributed by atoms with van der Waals surface area (Å²) in [7, 11) is 0. The molecule has 8 heteroatoms. The van der Waals surface area contributed by atoms with Gasteiger partial charge in [0.15, 0.2) is 5.69 Å². The van der Waals surface area contributed by atoms with Crippen LogP contribution in [0.15, 0.2) is 42.9 Å². The zero-order valence-electron chi connectivity index (χ0n) is 14.8. The number of carbonyl (C=O) groups is 1. The minimum atomic E-state index is -4.80. The molecule has 142 valence electrons. The van der Waals surface area contributed by atoms with E-state index in [9.17, 15) is 22.4 Å². The molecule has 0 bridgehead atoms. The van der Waals surface area contributed by atoms with Crippen molar-refractivity contribution in [3.63, 3.8) is 0 Å². The number of alkyl halides is 3. The normalized spacial score (nSPS) is 12.4. The van der Waals surface area contributed by atoms with Crippen LogP contribution in [0, 0.1) is 5.82 Å². The topological polar surface area (TPSA) is 44.1 Å². The fourth-order valence-corrected chi connectivity index (χ4v) is 2.64. The van der Waals surface area contributed by atoms with Crippen LogP contribution in [0.25, 0.3) is 21.9 Å². The SMILES string of the molecule is CC(C)(C)OC(=O)n1cc2ccc(-c3c(F)ccnc3C(F)(F)F)cc2c1. The van der Waals surface area contributed by atoms with Crippen LogP contribution in [0.4, 0.5) is 22.4 Å². The van der Waals surface area contributed by atoms with Crippen LogP contribution >= 0.6 is 0 Å². The summed E-state index contributed by atoms with van der Waals surface area (Å²) in [4.78, 5) is 15.4. The van der Waals surface area contributed by atoms with Gasteiger partial charge in [0.1, 0.15) is 11.4 Å². The van der Waals surface area contributed by atoms with Crippen molar-refractivity contribution in [2.24, 2.45) is 0 Å². The molecule has 0 amide bonds. The quantitative estimate of drug-likeness (QED) is 0.513. The Kier molecular flexibility index (Phi) is 4.45. The van der Waals surface area contributed by atoms with Crippen molar-refractivity contribution in [3.05, 3.63) is 54.4 Å². The van der Waals surface area contributed by atoms with Gasteiger partial charge in [-0.05, 0) is 38.5 Å². The van der Waals surface area contributed by atoms with E-state index in [0.717, 1.165) is 12.3 Å². The number of ether oxygens (including phenoxy) is 1. The molecule has 0 aliphatic carbocycles. The standard InChI is InChI=1S/C19H16F4N2O2/c1-18(2,3)27-17(26)25-9-12-5-4-11(8-13(12)10-25)15-14(20)6-7-24-16(15)19(21,22)23/h4-10H,1-3H3. The number of fused-ring (bicyclic) bond motifs is 1. The van der Waals surface area contributed by atoms with Crippen LogP contribution in [0.1, 0.15) is 26.5 Å². The van der Waals surface area contributed by atoms with Gasteiger partial charge in [-0.3, -0.25) is 9.55 Å². The van der Waals surface area contributed by atoms with Gasteiger partial charge in [-0.25, -0.2) is 9.18 Å². The Balaban J connectivity index is 2.08. The first-order valence-electron chi connectivity index (χ1n) is 8.03. The number of pyridine rings is 1. The molecule has 4 nitrogen and oxygen atoms in total. The van der Waals surface area contributed by atoms with Gasteiger partial charge in [0.2, 0.25) is 0 Å². The maximum atomic E-state index is 14.2. The van der Waals surface area contributed by atoms with Gasteiger partial charge in [-0.2, -0.15) is 13.2 Å². The zero-order valence-corrected chi connectivity index (χ0v) is 14.8. The molecule has 0 atom stereocenters. The maximum Gasteiger partial charge on any atom is 0.434 e. The number of benzene rings is 1. The fraction of sp³-hybridized carbons (Fsp3) is 0.263. The van der Waals surface area contributed by atoms with E-state index < -0.39 is 34.9 Å². The van der Waals surface area contributed by atoms with Crippen LogP contribution in [0.3, 0.4) is 0 Å². The molecule has 0 aliphatic rings. The van der Waals surface area contributed by atoms with Gasteiger partial charge >= 0.3 is 12.3 Å². The minimum absolute atomic E-state index is 0.0161. The van der Waals surface area contributed by atoms with Crippen molar-refractivity contribution in [1.29, 1.82) is 0 Å². The second-order valence-corrected chi connectivity index (χ2v) is 7.00. The monoisotopic (exact) mass is 380 g/mol. The lowest BCUT2D eigenvalue weighted by Gasteiger charge is -2.19. The number of hydrogen-bond donors (Lipinski definition) is 0. The lowest BCUT2D eigenvalue weighted by atomic mass is 10.0. The summed E-state index contributed by atoms with van der Waals surface area (Å²) in [6.45, 7) is 5.15. The van der Waals surface area contributed by atoms with Gasteiger partial charge in [-0.1, -0.05) is 12.1 Å². The Labute approximate surface area is 152 Å². The summed E-state index contributed by atoms with van der Waals surface area (Å²) in [5.74, 6) is -1.02. The highest BCUT2D eigenvalue weighted by Gasteiger charge is 2.37. The predicted molar refractivity (Wildman–Crippen MR) is 91.8 cm³/mol. The Morgan fingerprint density at radius 1 is 1.07 bits per heavy atom. The Morgan fingerprint density at radius 3 is 2.37 bits per heavy atom. The first-order chi connectivity index (χ1) is 12.5. The van der Waals surface area contributed by atoms with Crippen molar-refractivity contribution in [2.75, 3.05) is 0 Å². The highest BCUT2D eigenvalue weighted by atomic mass is 19.4. The molecule has 0 radical (unpaired) electrons. The molecule has 27 heavy (non-hydrogen) atoms. The van der Waals surface area contributed by atoms with Crippen molar-refractivity contribution in [1.82, 2.24) is 9.55 Å². The average molecular weight is 380 g/mol. The van der Waals surface area contributed by atoms with Crippen LogP contribution in [-0.4, -0.2) is 21.2 Å². The zero-order chi connectivity index (χ0) is 20.0. The minimum Gasteiger partial charge on any atom is -0.443 e.